The van der Waals surface area contributed by atoms with Crippen LogP contribution in [0.2, 0.25) is 0 Å². The van der Waals surface area contributed by atoms with Gasteiger partial charge in [0.05, 0.1) is 12.7 Å². The molecule has 0 bridgehead atoms. The molecule has 4 nitrogen and oxygen atoms in total. The predicted molar refractivity (Wildman–Crippen MR) is 70.4 cm³/mol. The monoisotopic (exact) mass is 261 g/mol. The molecule has 0 aliphatic heterocycles. The maximum atomic E-state index is 12.9. The van der Waals surface area contributed by atoms with Crippen LogP contribution in [0.15, 0.2) is 30.6 Å². The zero-order valence-electron chi connectivity index (χ0n) is 11.0. The Morgan fingerprint density at radius 3 is 2.84 bits per heavy atom. The molecule has 2 rings (SSSR count). The fourth-order valence-electron chi connectivity index (χ4n) is 1.85. The van der Waals surface area contributed by atoms with E-state index in [1.165, 1.54) is 18.2 Å². The molecular weight excluding hydrogens is 245 g/mol. The van der Waals surface area contributed by atoms with E-state index in [-0.39, 0.29) is 11.7 Å². The first-order valence-corrected chi connectivity index (χ1v) is 6.09. The summed E-state index contributed by atoms with van der Waals surface area (Å²) in [5.41, 5.74) is 2.21. The van der Waals surface area contributed by atoms with Gasteiger partial charge in [0.1, 0.15) is 5.82 Å². The van der Waals surface area contributed by atoms with Gasteiger partial charge in [-0.05, 0) is 43.2 Å². The lowest BCUT2D eigenvalue weighted by molar-refractivity contribution is 0.0951. The third kappa shape index (κ3) is 3.40. The van der Waals surface area contributed by atoms with Gasteiger partial charge in [-0.3, -0.25) is 9.48 Å². The second-order valence-corrected chi connectivity index (χ2v) is 4.50. The number of carbonyl (C=O) groups is 1. The third-order valence-electron chi connectivity index (χ3n) is 2.82. The molecule has 1 aromatic heterocycles. The van der Waals surface area contributed by atoms with E-state index in [1.54, 1.807) is 17.8 Å². The Balaban J connectivity index is 1.90. The molecule has 0 unspecified atom stereocenters. The number of hydrogen-bond acceptors (Lipinski definition) is 2. The van der Waals surface area contributed by atoms with Crippen LogP contribution in [0.1, 0.15) is 21.5 Å². The maximum absolute atomic E-state index is 12.9. The van der Waals surface area contributed by atoms with Crippen LogP contribution < -0.4 is 5.32 Å². The first kappa shape index (κ1) is 13.3. The minimum absolute atomic E-state index is 0.193. The Morgan fingerprint density at radius 2 is 2.21 bits per heavy atom. The SMILES string of the molecule is Cc1cnn(CCNC(=O)c2ccc(F)cc2C)c1. The number of nitrogens with one attached hydrogen (secondary N) is 1. The van der Waals surface area contributed by atoms with Crippen molar-refractivity contribution in [3.05, 3.63) is 53.1 Å². The number of aryl methyl sites for hydroxylation is 2. The van der Waals surface area contributed by atoms with Crippen LogP contribution in [-0.4, -0.2) is 22.2 Å². The van der Waals surface area contributed by atoms with Crippen molar-refractivity contribution in [3.8, 4) is 0 Å². The molecule has 0 saturated heterocycles. The number of benzene rings is 1. The molecular formula is C14H16FN3O. The summed E-state index contributed by atoms with van der Waals surface area (Å²) in [7, 11) is 0. The molecule has 0 aliphatic rings. The van der Waals surface area contributed by atoms with Crippen molar-refractivity contribution in [3.63, 3.8) is 0 Å². The van der Waals surface area contributed by atoms with Crippen LogP contribution in [0.25, 0.3) is 0 Å². The molecule has 0 radical (unpaired) electrons. The van der Waals surface area contributed by atoms with E-state index in [9.17, 15) is 9.18 Å². The quantitative estimate of drug-likeness (QED) is 0.915. The van der Waals surface area contributed by atoms with Gasteiger partial charge in [0.15, 0.2) is 0 Å². The summed E-state index contributed by atoms with van der Waals surface area (Å²) >= 11 is 0. The summed E-state index contributed by atoms with van der Waals surface area (Å²) in [6.45, 7) is 4.77. The number of nitrogens with zero attached hydrogens (tertiary/aromatic N) is 2. The summed E-state index contributed by atoms with van der Waals surface area (Å²) < 4.78 is 14.7. The zero-order chi connectivity index (χ0) is 13.8. The van der Waals surface area contributed by atoms with E-state index in [0.717, 1.165) is 5.56 Å². The molecule has 1 amide bonds. The van der Waals surface area contributed by atoms with Crippen molar-refractivity contribution in [2.75, 3.05) is 6.54 Å². The second-order valence-electron chi connectivity index (χ2n) is 4.50. The zero-order valence-corrected chi connectivity index (χ0v) is 11.0. The molecule has 0 spiro atoms. The molecule has 1 N–H and O–H groups in total. The summed E-state index contributed by atoms with van der Waals surface area (Å²) in [4.78, 5) is 11.9. The minimum atomic E-state index is -0.332. The molecule has 100 valence electrons. The Hall–Kier alpha value is -2.17. The Bertz CT molecular complexity index is 592. The Morgan fingerprint density at radius 1 is 1.42 bits per heavy atom. The van der Waals surface area contributed by atoms with E-state index in [4.69, 9.17) is 0 Å². The number of aromatic nitrogens is 2. The van der Waals surface area contributed by atoms with Crippen LogP contribution in [0.5, 0.6) is 0 Å². The van der Waals surface area contributed by atoms with E-state index in [2.05, 4.69) is 10.4 Å². The average Bonchev–Trinajstić information content (AvgIpc) is 2.75. The first-order chi connectivity index (χ1) is 9.06. The van der Waals surface area contributed by atoms with Gasteiger partial charge in [0.25, 0.3) is 5.91 Å². The third-order valence-corrected chi connectivity index (χ3v) is 2.82. The fraction of sp³-hybridized carbons (Fsp3) is 0.286. The van der Waals surface area contributed by atoms with Gasteiger partial charge in [0, 0.05) is 18.3 Å². The molecule has 0 saturated carbocycles. The fourth-order valence-corrected chi connectivity index (χ4v) is 1.85. The van der Waals surface area contributed by atoms with Gasteiger partial charge in [-0.2, -0.15) is 5.10 Å². The number of carbonyl (C=O) groups excluding carboxylic acids is 1. The highest BCUT2D eigenvalue weighted by Crippen LogP contribution is 2.09. The van der Waals surface area contributed by atoms with Crippen LogP contribution in [0, 0.1) is 19.7 Å². The lowest BCUT2D eigenvalue weighted by atomic mass is 10.1. The van der Waals surface area contributed by atoms with Crippen LogP contribution in [0.4, 0.5) is 4.39 Å². The van der Waals surface area contributed by atoms with Gasteiger partial charge >= 0.3 is 0 Å². The highest BCUT2D eigenvalue weighted by atomic mass is 19.1. The number of halogens is 1. The molecule has 5 heteroatoms. The standard InChI is InChI=1S/C14H16FN3O/c1-10-8-17-18(9-10)6-5-16-14(19)13-4-3-12(15)7-11(13)2/h3-4,7-9H,5-6H2,1-2H3,(H,16,19). The largest absolute Gasteiger partial charge is 0.350 e. The van der Waals surface area contributed by atoms with Crippen LogP contribution in [0.3, 0.4) is 0 Å². The first-order valence-electron chi connectivity index (χ1n) is 6.09. The average molecular weight is 261 g/mol. The Kier molecular flexibility index (Phi) is 3.94. The van der Waals surface area contributed by atoms with Crippen LogP contribution >= 0.6 is 0 Å². The normalized spacial score (nSPS) is 10.5. The number of hydrogen-bond donors (Lipinski definition) is 1. The van der Waals surface area contributed by atoms with Crippen LogP contribution in [-0.2, 0) is 6.54 Å². The van der Waals surface area contributed by atoms with Crippen molar-refractivity contribution in [1.29, 1.82) is 0 Å². The molecule has 1 aromatic carbocycles. The van der Waals surface area contributed by atoms with E-state index < -0.39 is 0 Å². The van der Waals surface area contributed by atoms with E-state index >= 15 is 0 Å². The number of amides is 1. The molecule has 19 heavy (non-hydrogen) atoms. The lowest BCUT2D eigenvalue weighted by Gasteiger charge is -2.07. The van der Waals surface area contributed by atoms with Gasteiger partial charge < -0.3 is 5.32 Å². The molecule has 0 atom stereocenters. The van der Waals surface area contributed by atoms with Crippen molar-refractivity contribution >= 4 is 5.91 Å². The van der Waals surface area contributed by atoms with Crippen molar-refractivity contribution < 1.29 is 9.18 Å². The predicted octanol–water partition coefficient (Wildman–Crippen LogP) is 2.07. The molecule has 0 fully saturated rings. The molecule has 2 aromatic rings. The van der Waals surface area contributed by atoms with Gasteiger partial charge in [-0.1, -0.05) is 0 Å². The molecule has 0 aliphatic carbocycles. The van der Waals surface area contributed by atoms with Crippen molar-refractivity contribution in [2.45, 2.75) is 20.4 Å². The van der Waals surface area contributed by atoms with E-state index in [0.29, 0.717) is 24.2 Å². The smallest absolute Gasteiger partial charge is 0.251 e. The maximum Gasteiger partial charge on any atom is 0.251 e. The van der Waals surface area contributed by atoms with Gasteiger partial charge in [-0.25, -0.2) is 4.39 Å². The Labute approximate surface area is 111 Å². The van der Waals surface area contributed by atoms with Gasteiger partial charge in [-0.15, -0.1) is 0 Å². The summed E-state index contributed by atoms with van der Waals surface area (Å²) in [5, 5.41) is 6.93. The van der Waals surface area contributed by atoms with Gasteiger partial charge in [0.2, 0.25) is 0 Å². The lowest BCUT2D eigenvalue weighted by Crippen LogP contribution is -2.28. The summed E-state index contributed by atoms with van der Waals surface area (Å²) in [6.07, 6.45) is 3.68. The van der Waals surface area contributed by atoms with E-state index in [1.807, 2.05) is 13.1 Å². The number of rotatable bonds is 4. The summed E-state index contributed by atoms with van der Waals surface area (Å²) in [6, 6.07) is 4.14. The second kappa shape index (κ2) is 5.65. The molecule has 1 heterocycles. The van der Waals surface area contributed by atoms with Crippen molar-refractivity contribution in [1.82, 2.24) is 15.1 Å². The minimum Gasteiger partial charge on any atom is -0.350 e. The highest BCUT2D eigenvalue weighted by Gasteiger charge is 2.08. The highest BCUT2D eigenvalue weighted by molar-refractivity contribution is 5.95. The topological polar surface area (TPSA) is 46.9 Å². The summed E-state index contributed by atoms with van der Waals surface area (Å²) in [5.74, 6) is -0.526. The van der Waals surface area contributed by atoms with Crippen molar-refractivity contribution in [2.24, 2.45) is 0 Å².